The van der Waals surface area contributed by atoms with Gasteiger partial charge in [-0.2, -0.15) is 0 Å². The lowest BCUT2D eigenvalue weighted by atomic mass is 9.98. The van der Waals surface area contributed by atoms with Crippen molar-refractivity contribution < 1.29 is 9.63 Å². The van der Waals surface area contributed by atoms with Crippen molar-refractivity contribution in [2.24, 2.45) is 5.41 Å². The van der Waals surface area contributed by atoms with Crippen molar-refractivity contribution in [1.82, 2.24) is 15.2 Å². The predicted molar refractivity (Wildman–Crippen MR) is 63.0 cm³/mol. The molecule has 0 fully saturated rings. The van der Waals surface area contributed by atoms with Gasteiger partial charge >= 0.3 is 5.97 Å². The zero-order chi connectivity index (χ0) is 12.6. The first-order valence-corrected chi connectivity index (χ1v) is 5.21. The van der Waals surface area contributed by atoms with E-state index in [9.17, 15) is 4.79 Å². The Morgan fingerprint density at radius 2 is 2.12 bits per heavy atom. The number of benzene rings is 1. The minimum Gasteiger partial charge on any atom is -0.399 e. The lowest BCUT2D eigenvalue weighted by Gasteiger charge is -2.15. The fourth-order valence-corrected chi connectivity index (χ4v) is 1.20. The van der Waals surface area contributed by atoms with Crippen LogP contribution in [0.5, 0.6) is 0 Å². The molecule has 0 amide bonds. The Kier molecular flexibility index (Phi) is 2.49. The Balaban J connectivity index is 2.37. The molecule has 2 rings (SSSR count). The predicted octanol–water partition coefficient (Wildman–Crippen LogP) is 1.01. The van der Waals surface area contributed by atoms with Crippen LogP contribution >= 0.6 is 0 Å². The van der Waals surface area contributed by atoms with Crippen LogP contribution in [-0.4, -0.2) is 21.1 Å². The smallest absolute Gasteiger partial charge is 0.340 e. The first-order valence-electron chi connectivity index (χ1n) is 5.21. The summed E-state index contributed by atoms with van der Waals surface area (Å²) in [5.74, 6) is -0.383. The summed E-state index contributed by atoms with van der Waals surface area (Å²) in [7, 11) is 0. The van der Waals surface area contributed by atoms with Crippen LogP contribution in [0, 0.1) is 5.41 Å². The normalized spacial score (nSPS) is 11.7. The van der Waals surface area contributed by atoms with Gasteiger partial charge in [0.25, 0.3) is 0 Å². The van der Waals surface area contributed by atoms with Gasteiger partial charge in [0.05, 0.1) is 5.41 Å². The Bertz CT molecular complexity index is 568. The number of anilines is 1. The van der Waals surface area contributed by atoms with Crippen LogP contribution in [-0.2, 0) is 4.79 Å². The van der Waals surface area contributed by atoms with E-state index in [-0.39, 0.29) is 5.97 Å². The largest absolute Gasteiger partial charge is 0.399 e. The minimum atomic E-state index is -0.599. The molecule has 2 aromatic rings. The number of hydrogen-bond acceptors (Lipinski definition) is 5. The number of fused-ring (bicyclic) bond motifs is 1. The maximum Gasteiger partial charge on any atom is 0.340 e. The molecule has 0 aliphatic carbocycles. The topological polar surface area (TPSA) is 83.0 Å². The summed E-state index contributed by atoms with van der Waals surface area (Å²) in [6.07, 6.45) is 0. The van der Waals surface area contributed by atoms with Crippen LogP contribution in [0.1, 0.15) is 20.8 Å². The van der Waals surface area contributed by atoms with Gasteiger partial charge in [0.15, 0.2) is 0 Å². The van der Waals surface area contributed by atoms with Crippen LogP contribution in [0.25, 0.3) is 11.0 Å². The molecular formula is C11H14N4O2. The van der Waals surface area contributed by atoms with Gasteiger partial charge in [-0.1, -0.05) is 4.85 Å². The number of rotatable bonds is 1. The summed E-state index contributed by atoms with van der Waals surface area (Å²) in [6.45, 7) is 5.30. The van der Waals surface area contributed by atoms with E-state index in [1.165, 1.54) is 0 Å². The van der Waals surface area contributed by atoms with Crippen molar-refractivity contribution in [1.29, 1.82) is 0 Å². The third kappa shape index (κ3) is 2.20. The highest BCUT2D eigenvalue weighted by Gasteiger charge is 2.25. The molecule has 0 aliphatic rings. The summed E-state index contributed by atoms with van der Waals surface area (Å²) >= 11 is 0. The van der Waals surface area contributed by atoms with Gasteiger partial charge < -0.3 is 10.6 Å². The molecule has 0 saturated carbocycles. The summed E-state index contributed by atoms with van der Waals surface area (Å²) in [5, 5.41) is 7.63. The molecule has 1 heterocycles. The first-order chi connectivity index (χ1) is 7.88. The van der Waals surface area contributed by atoms with Gasteiger partial charge in [-0.05, 0) is 44.2 Å². The molecule has 0 atom stereocenters. The fraction of sp³-hybridized carbons (Fsp3) is 0.364. The van der Waals surface area contributed by atoms with Gasteiger partial charge in [-0.15, -0.1) is 5.10 Å². The van der Waals surface area contributed by atoms with E-state index >= 15 is 0 Å². The number of carbonyl (C=O) groups is 1. The molecular weight excluding hydrogens is 220 g/mol. The lowest BCUT2D eigenvalue weighted by Crippen LogP contribution is -2.31. The van der Waals surface area contributed by atoms with Gasteiger partial charge in [-0.25, -0.2) is 4.79 Å². The maximum atomic E-state index is 11.7. The molecule has 6 heteroatoms. The SMILES string of the molecule is CC(C)(C)C(=O)On1nnc2ccc(N)cc21. The van der Waals surface area contributed by atoms with Crippen LogP contribution in [0.2, 0.25) is 0 Å². The monoisotopic (exact) mass is 234 g/mol. The zero-order valence-corrected chi connectivity index (χ0v) is 9.97. The van der Waals surface area contributed by atoms with Crippen molar-refractivity contribution in [3.63, 3.8) is 0 Å². The van der Waals surface area contributed by atoms with E-state index in [0.717, 1.165) is 4.85 Å². The van der Waals surface area contributed by atoms with Gasteiger partial charge in [0, 0.05) is 5.69 Å². The second kappa shape index (κ2) is 3.73. The van der Waals surface area contributed by atoms with Crippen molar-refractivity contribution in [2.45, 2.75) is 20.8 Å². The zero-order valence-electron chi connectivity index (χ0n) is 9.97. The van der Waals surface area contributed by atoms with Crippen molar-refractivity contribution in [3.05, 3.63) is 18.2 Å². The number of nitrogen functional groups attached to an aromatic ring is 1. The van der Waals surface area contributed by atoms with E-state index in [1.807, 2.05) is 0 Å². The van der Waals surface area contributed by atoms with Crippen molar-refractivity contribution in [2.75, 3.05) is 5.73 Å². The summed E-state index contributed by atoms with van der Waals surface area (Å²) < 4.78 is 0. The molecule has 0 aliphatic heterocycles. The molecule has 17 heavy (non-hydrogen) atoms. The molecule has 1 aromatic heterocycles. The second-order valence-electron chi connectivity index (χ2n) is 4.84. The molecule has 6 nitrogen and oxygen atoms in total. The van der Waals surface area contributed by atoms with Crippen molar-refractivity contribution >= 4 is 22.7 Å². The quantitative estimate of drug-likeness (QED) is 0.588. The Morgan fingerprint density at radius 3 is 2.76 bits per heavy atom. The third-order valence-corrected chi connectivity index (χ3v) is 2.22. The Morgan fingerprint density at radius 1 is 1.41 bits per heavy atom. The highest BCUT2D eigenvalue weighted by molar-refractivity contribution is 5.80. The highest BCUT2D eigenvalue weighted by Crippen LogP contribution is 2.17. The van der Waals surface area contributed by atoms with Gasteiger partial charge in [0.2, 0.25) is 0 Å². The van der Waals surface area contributed by atoms with Crippen LogP contribution in [0.15, 0.2) is 18.2 Å². The molecule has 0 spiro atoms. The standard InChI is InChI=1S/C11H14N4O2/c1-11(2,3)10(16)17-15-9-6-7(12)4-5-8(9)13-14-15/h4-6H,12H2,1-3H3. The average Bonchev–Trinajstić information content (AvgIpc) is 2.60. The lowest BCUT2D eigenvalue weighted by molar-refractivity contribution is -0.154. The van der Waals surface area contributed by atoms with Crippen LogP contribution in [0.4, 0.5) is 5.69 Å². The molecule has 0 radical (unpaired) electrons. The number of nitrogens with zero attached hydrogens (tertiary/aromatic N) is 3. The maximum absolute atomic E-state index is 11.7. The van der Waals surface area contributed by atoms with E-state index in [1.54, 1.807) is 39.0 Å². The van der Waals surface area contributed by atoms with E-state index < -0.39 is 5.41 Å². The van der Waals surface area contributed by atoms with Crippen LogP contribution in [0.3, 0.4) is 0 Å². The first kappa shape index (κ1) is 11.4. The highest BCUT2D eigenvalue weighted by atomic mass is 16.7. The molecule has 90 valence electrons. The molecule has 0 saturated heterocycles. The number of hydrogen-bond donors (Lipinski definition) is 1. The third-order valence-electron chi connectivity index (χ3n) is 2.22. The minimum absolute atomic E-state index is 0.383. The molecule has 0 unspecified atom stereocenters. The number of aromatic nitrogens is 3. The molecule has 1 aromatic carbocycles. The van der Waals surface area contributed by atoms with Gasteiger partial charge in [-0.3, -0.25) is 0 Å². The number of nitrogens with two attached hydrogens (primary N) is 1. The summed E-state index contributed by atoms with van der Waals surface area (Å²) in [6, 6.07) is 5.09. The van der Waals surface area contributed by atoms with Crippen molar-refractivity contribution in [3.8, 4) is 0 Å². The summed E-state index contributed by atoms with van der Waals surface area (Å²) in [4.78, 5) is 18.0. The van der Waals surface area contributed by atoms with E-state index in [4.69, 9.17) is 10.6 Å². The van der Waals surface area contributed by atoms with Crippen LogP contribution < -0.4 is 10.6 Å². The Hall–Kier alpha value is -2.11. The fourth-order valence-electron chi connectivity index (χ4n) is 1.20. The Labute approximate surface area is 98.3 Å². The molecule has 2 N–H and O–H groups in total. The van der Waals surface area contributed by atoms with Gasteiger partial charge in [0.1, 0.15) is 11.0 Å². The van der Waals surface area contributed by atoms with E-state index in [2.05, 4.69) is 10.3 Å². The van der Waals surface area contributed by atoms with E-state index in [0.29, 0.717) is 16.7 Å². The summed E-state index contributed by atoms with van der Waals surface area (Å²) in [5.41, 5.74) is 6.82. The average molecular weight is 234 g/mol. The second-order valence-corrected chi connectivity index (χ2v) is 4.84. The number of carbonyl (C=O) groups excluding carboxylic acids is 1. The molecule has 0 bridgehead atoms.